The lowest BCUT2D eigenvalue weighted by molar-refractivity contribution is 0.112. The number of rotatable bonds is 1. The lowest BCUT2D eigenvalue weighted by atomic mass is 10.1. The molecule has 2 aromatic rings. The first-order valence-corrected chi connectivity index (χ1v) is 5.52. The molecule has 1 heterocycles. The van der Waals surface area contributed by atoms with E-state index in [1.165, 1.54) is 5.56 Å². The zero-order chi connectivity index (χ0) is 9.42. The van der Waals surface area contributed by atoms with Gasteiger partial charge in [0.25, 0.3) is 0 Å². The van der Waals surface area contributed by atoms with Gasteiger partial charge in [-0.25, -0.2) is 0 Å². The predicted octanol–water partition coefficient (Wildman–Crippen LogP) is 3.78. The zero-order valence-corrected chi connectivity index (χ0v) is 9.41. The first kappa shape index (κ1) is 8.91. The summed E-state index contributed by atoms with van der Waals surface area (Å²) >= 11 is 5.07. The highest BCUT2D eigenvalue weighted by atomic mass is 79.9. The zero-order valence-electron chi connectivity index (χ0n) is 7.00. The van der Waals surface area contributed by atoms with Crippen molar-refractivity contribution in [3.8, 4) is 0 Å². The Kier molecular flexibility index (Phi) is 2.22. The van der Waals surface area contributed by atoms with Crippen molar-refractivity contribution in [3.05, 3.63) is 33.1 Å². The molecule has 0 radical (unpaired) electrons. The van der Waals surface area contributed by atoms with Crippen LogP contribution in [0.15, 0.2) is 22.0 Å². The van der Waals surface area contributed by atoms with Gasteiger partial charge in [0.15, 0.2) is 6.29 Å². The molecule has 0 aliphatic heterocycles. The molecule has 0 fully saturated rings. The minimum Gasteiger partial charge on any atom is -0.298 e. The van der Waals surface area contributed by atoms with E-state index >= 15 is 0 Å². The molecule has 0 aliphatic carbocycles. The van der Waals surface area contributed by atoms with Gasteiger partial charge in [-0.05, 0) is 24.6 Å². The quantitative estimate of drug-likeness (QED) is 0.708. The monoisotopic (exact) mass is 254 g/mol. The standard InChI is InChI=1S/C10H7BrOS/c1-6-2-8(11)10-7(4-12)5-13-9(10)3-6/h2-5H,1H3. The number of hydrogen-bond donors (Lipinski definition) is 0. The molecule has 0 spiro atoms. The summed E-state index contributed by atoms with van der Waals surface area (Å²) in [6, 6.07) is 4.12. The van der Waals surface area contributed by atoms with Crippen LogP contribution in [-0.2, 0) is 0 Å². The third-order valence-corrected chi connectivity index (χ3v) is 3.50. The SMILES string of the molecule is Cc1cc(Br)c2c(C=O)csc2c1. The van der Waals surface area contributed by atoms with Crippen molar-refractivity contribution in [3.63, 3.8) is 0 Å². The molecule has 66 valence electrons. The van der Waals surface area contributed by atoms with Gasteiger partial charge < -0.3 is 0 Å². The molecule has 0 unspecified atom stereocenters. The molecule has 1 aromatic heterocycles. The number of carbonyl (C=O) groups excluding carboxylic acids is 1. The van der Waals surface area contributed by atoms with Crippen LogP contribution in [0.25, 0.3) is 10.1 Å². The molecular formula is C10H7BrOS. The first-order valence-electron chi connectivity index (χ1n) is 3.85. The molecule has 0 atom stereocenters. The summed E-state index contributed by atoms with van der Waals surface area (Å²) in [7, 11) is 0. The van der Waals surface area contributed by atoms with Crippen molar-refractivity contribution < 1.29 is 4.79 Å². The van der Waals surface area contributed by atoms with Crippen LogP contribution in [0.3, 0.4) is 0 Å². The third-order valence-electron chi connectivity index (χ3n) is 1.93. The predicted molar refractivity (Wildman–Crippen MR) is 59.6 cm³/mol. The van der Waals surface area contributed by atoms with Gasteiger partial charge in [-0.3, -0.25) is 4.79 Å². The van der Waals surface area contributed by atoms with E-state index in [4.69, 9.17) is 0 Å². The van der Waals surface area contributed by atoms with Gasteiger partial charge in [0.2, 0.25) is 0 Å². The van der Waals surface area contributed by atoms with Gasteiger partial charge >= 0.3 is 0 Å². The average Bonchev–Trinajstić information content (AvgIpc) is 2.47. The van der Waals surface area contributed by atoms with Gasteiger partial charge in [0.1, 0.15) is 0 Å². The van der Waals surface area contributed by atoms with E-state index in [1.54, 1.807) is 11.3 Å². The fraction of sp³-hybridized carbons (Fsp3) is 0.100. The van der Waals surface area contributed by atoms with Crippen molar-refractivity contribution in [2.24, 2.45) is 0 Å². The maximum atomic E-state index is 10.7. The maximum Gasteiger partial charge on any atom is 0.151 e. The molecule has 0 saturated carbocycles. The number of carbonyl (C=O) groups is 1. The van der Waals surface area contributed by atoms with E-state index < -0.39 is 0 Å². The van der Waals surface area contributed by atoms with Gasteiger partial charge in [-0.1, -0.05) is 15.9 Å². The molecule has 0 N–H and O–H groups in total. The van der Waals surface area contributed by atoms with Crippen LogP contribution in [0, 0.1) is 6.92 Å². The summed E-state index contributed by atoms with van der Waals surface area (Å²) in [5, 5.41) is 2.92. The van der Waals surface area contributed by atoms with Gasteiger partial charge in [0, 0.05) is 25.5 Å². The largest absolute Gasteiger partial charge is 0.298 e. The molecule has 1 aromatic carbocycles. The maximum absolute atomic E-state index is 10.7. The van der Waals surface area contributed by atoms with Crippen LogP contribution in [0.5, 0.6) is 0 Å². The highest BCUT2D eigenvalue weighted by Crippen LogP contribution is 2.32. The Morgan fingerprint density at radius 3 is 2.92 bits per heavy atom. The summed E-state index contributed by atoms with van der Waals surface area (Å²) in [6.45, 7) is 2.05. The van der Waals surface area contributed by atoms with Crippen molar-refractivity contribution in [1.29, 1.82) is 0 Å². The smallest absolute Gasteiger partial charge is 0.151 e. The van der Waals surface area contributed by atoms with Crippen LogP contribution in [0.1, 0.15) is 15.9 Å². The number of thiophene rings is 1. The van der Waals surface area contributed by atoms with E-state index in [0.29, 0.717) is 0 Å². The van der Waals surface area contributed by atoms with Gasteiger partial charge in [-0.15, -0.1) is 11.3 Å². The van der Waals surface area contributed by atoms with Crippen LogP contribution >= 0.6 is 27.3 Å². The fourth-order valence-corrected chi connectivity index (χ4v) is 3.32. The van der Waals surface area contributed by atoms with Crippen LogP contribution in [-0.4, -0.2) is 6.29 Å². The average molecular weight is 255 g/mol. The molecule has 0 aliphatic rings. The summed E-state index contributed by atoms with van der Waals surface area (Å²) in [5.41, 5.74) is 1.98. The molecular weight excluding hydrogens is 248 g/mol. The van der Waals surface area contributed by atoms with Gasteiger partial charge in [-0.2, -0.15) is 0 Å². The van der Waals surface area contributed by atoms with E-state index in [9.17, 15) is 4.79 Å². The van der Waals surface area contributed by atoms with E-state index in [2.05, 4.69) is 22.0 Å². The highest BCUT2D eigenvalue weighted by molar-refractivity contribution is 9.10. The molecule has 3 heteroatoms. The molecule has 1 nitrogen and oxygen atoms in total. The van der Waals surface area contributed by atoms with Crippen LogP contribution in [0.2, 0.25) is 0 Å². The second kappa shape index (κ2) is 3.24. The number of fused-ring (bicyclic) bond motifs is 1. The summed E-state index contributed by atoms with van der Waals surface area (Å²) in [6.07, 6.45) is 0.902. The van der Waals surface area contributed by atoms with Crippen molar-refractivity contribution >= 4 is 43.6 Å². The van der Waals surface area contributed by atoms with Crippen molar-refractivity contribution in [1.82, 2.24) is 0 Å². The number of halogens is 1. The lowest BCUT2D eigenvalue weighted by Gasteiger charge is -1.97. The van der Waals surface area contributed by atoms with E-state index in [1.807, 2.05) is 18.4 Å². The second-order valence-corrected chi connectivity index (χ2v) is 4.69. The Morgan fingerprint density at radius 2 is 2.23 bits per heavy atom. The Balaban J connectivity index is 2.89. The first-order chi connectivity index (χ1) is 6.22. The van der Waals surface area contributed by atoms with Crippen LogP contribution in [0.4, 0.5) is 0 Å². The fourth-order valence-electron chi connectivity index (χ4n) is 1.36. The summed E-state index contributed by atoms with van der Waals surface area (Å²) in [5.74, 6) is 0. The molecule has 0 bridgehead atoms. The topological polar surface area (TPSA) is 17.1 Å². The number of aryl methyl sites for hydroxylation is 1. The van der Waals surface area contributed by atoms with Crippen LogP contribution < -0.4 is 0 Å². The van der Waals surface area contributed by atoms with Crippen molar-refractivity contribution in [2.45, 2.75) is 6.92 Å². The molecule has 0 amide bonds. The second-order valence-electron chi connectivity index (χ2n) is 2.93. The Morgan fingerprint density at radius 1 is 1.46 bits per heavy atom. The van der Waals surface area contributed by atoms with E-state index in [0.717, 1.165) is 26.4 Å². The van der Waals surface area contributed by atoms with E-state index in [-0.39, 0.29) is 0 Å². The molecule has 0 saturated heterocycles. The number of benzene rings is 1. The molecule has 13 heavy (non-hydrogen) atoms. The molecule has 2 rings (SSSR count). The highest BCUT2D eigenvalue weighted by Gasteiger charge is 2.06. The van der Waals surface area contributed by atoms with Gasteiger partial charge in [0.05, 0.1) is 0 Å². The third kappa shape index (κ3) is 1.42. The number of aldehydes is 1. The van der Waals surface area contributed by atoms with Crippen molar-refractivity contribution in [2.75, 3.05) is 0 Å². The Bertz CT molecular complexity index is 473. The summed E-state index contributed by atoms with van der Waals surface area (Å²) in [4.78, 5) is 10.7. The number of hydrogen-bond acceptors (Lipinski definition) is 2. The summed E-state index contributed by atoms with van der Waals surface area (Å²) < 4.78 is 2.17. The minimum atomic E-state index is 0.770. The normalized spacial score (nSPS) is 10.6. The minimum absolute atomic E-state index is 0.770. The Hall–Kier alpha value is -0.670. The lowest BCUT2D eigenvalue weighted by Crippen LogP contribution is -1.78. The Labute approximate surface area is 88.5 Å².